The van der Waals surface area contributed by atoms with E-state index in [2.05, 4.69) is 5.32 Å². The zero-order valence-electron chi connectivity index (χ0n) is 9.17. The minimum atomic E-state index is 0.268. The Labute approximate surface area is 90.8 Å². The summed E-state index contributed by atoms with van der Waals surface area (Å²) in [5.74, 6) is 4.01. The van der Waals surface area contributed by atoms with Crippen molar-refractivity contribution in [1.82, 2.24) is 5.32 Å². The Hall–Kier alpha value is -0.530. The second-order valence-electron chi connectivity index (χ2n) is 6.39. The van der Waals surface area contributed by atoms with Crippen LogP contribution in [0.5, 0.6) is 0 Å². The van der Waals surface area contributed by atoms with Crippen molar-refractivity contribution in [3.63, 3.8) is 0 Å². The molecule has 5 aliphatic rings. The maximum absolute atomic E-state index is 11.5. The van der Waals surface area contributed by atoms with Gasteiger partial charge in [0.25, 0.3) is 0 Å². The van der Waals surface area contributed by atoms with Gasteiger partial charge in [-0.05, 0) is 62.2 Å². The molecule has 1 amide bonds. The Bertz CT molecular complexity index is 294. The number of hydrogen-bond acceptors (Lipinski definition) is 1. The van der Waals surface area contributed by atoms with E-state index in [0.717, 1.165) is 36.5 Å². The summed E-state index contributed by atoms with van der Waals surface area (Å²) in [6.07, 6.45) is 9.07. The van der Waals surface area contributed by atoms with Crippen LogP contribution in [0.2, 0.25) is 0 Å². The summed E-state index contributed by atoms with van der Waals surface area (Å²) >= 11 is 0. The maximum Gasteiger partial charge on any atom is 0.220 e. The van der Waals surface area contributed by atoms with E-state index < -0.39 is 0 Å². The molecule has 82 valence electrons. The average Bonchev–Trinajstić information content (AvgIpc) is 2.57. The molecule has 4 saturated carbocycles. The fourth-order valence-corrected chi connectivity index (χ4v) is 5.34. The van der Waals surface area contributed by atoms with Gasteiger partial charge in [-0.25, -0.2) is 0 Å². The lowest BCUT2D eigenvalue weighted by molar-refractivity contribution is -0.123. The quantitative estimate of drug-likeness (QED) is 0.644. The lowest BCUT2D eigenvalue weighted by Gasteiger charge is -2.60. The first-order valence-corrected chi connectivity index (χ1v) is 6.57. The third kappa shape index (κ3) is 0.982. The van der Waals surface area contributed by atoms with Crippen molar-refractivity contribution in [3.8, 4) is 0 Å². The smallest absolute Gasteiger partial charge is 0.220 e. The number of nitrogens with one attached hydrogen (secondary N) is 1. The van der Waals surface area contributed by atoms with Gasteiger partial charge in [-0.1, -0.05) is 0 Å². The SMILES string of the molecule is O=C1CCC2(N1)C1CC3CC(C1)CC2C3. The lowest BCUT2D eigenvalue weighted by atomic mass is 9.48. The summed E-state index contributed by atoms with van der Waals surface area (Å²) in [4.78, 5) is 11.5. The third-order valence-corrected chi connectivity index (χ3v) is 5.73. The van der Waals surface area contributed by atoms with Crippen LogP contribution in [0.15, 0.2) is 0 Å². The zero-order chi connectivity index (χ0) is 10.0. The van der Waals surface area contributed by atoms with Gasteiger partial charge in [0.1, 0.15) is 0 Å². The molecule has 0 unspecified atom stereocenters. The number of rotatable bonds is 0. The molecule has 0 atom stereocenters. The van der Waals surface area contributed by atoms with Crippen LogP contribution in [0.1, 0.15) is 44.9 Å². The Morgan fingerprint density at radius 2 is 1.60 bits per heavy atom. The second kappa shape index (κ2) is 2.58. The van der Waals surface area contributed by atoms with Gasteiger partial charge in [-0.2, -0.15) is 0 Å². The molecule has 1 spiro atoms. The molecule has 5 rings (SSSR count). The van der Waals surface area contributed by atoms with Crippen molar-refractivity contribution >= 4 is 5.91 Å². The molecular formula is C13H19NO. The average molecular weight is 205 g/mol. The van der Waals surface area contributed by atoms with E-state index in [0.29, 0.717) is 5.91 Å². The highest BCUT2D eigenvalue weighted by Crippen LogP contribution is 2.60. The monoisotopic (exact) mass is 205 g/mol. The van der Waals surface area contributed by atoms with Gasteiger partial charge in [0.2, 0.25) is 5.91 Å². The minimum Gasteiger partial charge on any atom is -0.350 e. The minimum absolute atomic E-state index is 0.268. The van der Waals surface area contributed by atoms with Crippen molar-refractivity contribution in [1.29, 1.82) is 0 Å². The Morgan fingerprint density at radius 3 is 2.07 bits per heavy atom. The molecule has 1 N–H and O–H groups in total. The number of carbonyl (C=O) groups excluding carboxylic acids is 1. The zero-order valence-corrected chi connectivity index (χ0v) is 9.17. The van der Waals surface area contributed by atoms with Gasteiger partial charge in [0.15, 0.2) is 0 Å². The lowest BCUT2D eigenvalue weighted by Crippen LogP contribution is -2.62. The predicted molar refractivity (Wildman–Crippen MR) is 57.2 cm³/mol. The number of hydrogen-bond donors (Lipinski definition) is 1. The summed E-state index contributed by atoms with van der Waals surface area (Å²) in [6.45, 7) is 0. The molecule has 15 heavy (non-hydrogen) atoms. The van der Waals surface area contributed by atoms with Crippen LogP contribution in [-0.2, 0) is 4.79 Å². The highest BCUT2D eigenvalue weighted by atomic mass is 16.2. The van der Waals surface area contributed by atoms with E-state index in [1.54, 1.807) is 0 Å². The van der Waals surface area contributed by atoms with Gasteiger partial charge in [-0.15, -0.1) is 0 Å². The van der Waals surface area contributed by atoms with Gasteiger partial charge in [0, 0.05) is 12.0 Å². The normalized spacial score (nSPS) is 56.4. The van der Waals surface area contributed by atoms with E-state index in [-0.39, 0.29) is 5.54 Å². The first-order chi connectivity index (χ1) is 7.26. The van der Waals surface area contributed by atoms with Crippen LogP contribution in [0.25, 0.3) is 0 Å². The summed E-state index contributed by atoms with van der Waals surface area (Å²) < 4.78 is 0. The van der Waals surface area contributed by atoms with Crippen LogP contribution in [0.3, 0.4) is 0 Å². The molecule has 2 heteroatoms. The van der Waals surface area contributed by atoms with Gasteiger partial charge >= 0.3 is 0 Å². The fraction of sp³-hybridized carbons (Fsp3) is 0.923. The van der Waals surface area contributed by atoms with Crippen molar-refractivity contribution in [2.75, 3.05) is 0 Å². The summed E-state index contributed by atoms with van der Waals surface area (Å²) in [7, 11) is 0. The van der Waals surface area contributed by atoms with Crippen LogP contribution < -0.4 is 5.32 Å². The molecule has 4 aliphatic carbocycles. The molecule has 1 aliphatic heterocycles. The maximum atomic E-state index is 11.5. The van der Waals surface area contributed by atoms with Gasteiger partial charge in [-0.3, -0.25) is 4.79 Å². The molecule has 0 aromatic rings. The molecular weight excluding hydrogens is 186 g/mol. The van der Waals surface area contributed by atoms with Crippen molar-refractivity contribution in [3.05, 3.63) is 0 Å². The van der Waals surface area contributed by atoms with E-state index in [4.69, 9.17) is 0 Å². The van der Waals surface area contributed by atoms with E-state index >= 15 is 0 Å². The predicted octanol–water partition coefficient (Wildman–Crippen LogP) is 2.09. The Morgan fingerprint density at radius 1 is 1.00 bits per heavy atom. The molecule has 5 fully saturated rings. The first kappa shape index (κ1) is 8.60. The summed E-state index contributed by atoms with van der Waals surface area (Å²) in [5, 5.41) is 3.37. The fourth-order valence-electron chi connectivity index (χ4n) is 5.34. The topological polar surface area (TPSA) is 29.1 Å². The third-order valence-electron chi connectivity index (χ3n) is 5.73. The van der Waals surface area contributed by atoms with Crippen LogP contribution in [-0.4, -0.2) is 11.4 Å². The van der Waals surface area contributed by atoms with E-state index in [1.807, 2.05) is 0 Å². The van der Waals surface area contributed by atoms with Crippen molar-refractivity contribution in [2.45, 2.75) is 50.5 Å². The largest absolute Gasteiger partial charge is 0.350 e. The Kier molecular flexibility index (Phi) is 1.48. The summed E-state index contributed by atoms with van der Waals surface area (Å²) in [6, 6.07) is 0. The standard InChI is InChI=1S/C13H19NO/c15-12-1-2-13(14-12)10-4-8-3-9(6-10)7-11(13)5-8/h8-11H,1-7H2,(H,14,15). The number of carbonyl (C=O) groups is 1. The highest BCUT2D eigenvalue weighted by molar-refractivity contribution is 5.79. The van der Waals surface area contributed by atoms with Crippen LogP contribution in [0.4, 0.5) is 0 Å². The second-order valence-corrected chi connectivity index (χ2v) is 6.39. The van der Waals surface area contributed by atoms with Crippen molar-refractivity contribution in [2.24, 2.45) is 23.7 Å². The van der Waals surface area contributed by atoms with E-state index in [9.17, 15) is 4.79 Å². The molecule has 0 radical (unpaired) electrons. The molecule has 4 bridgehead atoms. The van der Waals surface area contributed by atoms with Crippen LogP contribution in [0, 0.1) is 23.7 Å². The number of amides is 1. The van der Waals surface area contributed by atoms with Crippen LogP contribution >= 0.6 is 0 Å². The molecule has 1 saturated heterocycles. The summed E-state index contributed by atoms with van der Waals surface area (Å²) in [5.41, 5.74) is 0.268. The molecule has 0 aromatic carbocycles. The molecule has 0 aromatic heterocycles. The van der Waals surface area contributed by atoms with E-state index in [1.165, 1.54) is 32.1 Å². The first-order valence-electron chi connectivity index (χ1n) is 6.57. The highest BCUT2D eigenvalue weighted by Gasteiger charge is 2.59. The van der Waals surface area contributed by atoms with Gasteiger partial charge in [0.05, 0.1) is 0 Å². The molecule has 1 heterocycles. The molecule has 2 nitrogen and oxygen atoms in total. The van der Waals surface area contributed by atoms with Gasteiger partial charge < -0.3 is 5.32 Å². The Balaban J connectivity index is 1.73. The van der Waals surface area contributed by atoms with Crippen molar-refractivity contribution < 1.29 is 4.79 Å².